The number of rotatable bonds is 0. The molecule has 5 nitrogen and oxygen atoms in total. The summed E-state index contributed by atoms with van der Waals surface area (Å²) in [5, 5.41) is 2.21. The molecule has 0 saturated carbocycles. The van der Waals surface area contributed by atoms with Crippen LogP contribution in [0.5, 0.6) is 0 Å². The molecule has 8 heteroatoms. The quantitative estimate of drug-likeness (QED) is 0.516. The second-order valence-corrected chi connectivity index (χ2v) is 6.50. The summed E-state index contributed by atoms with van der Waals surface area (Å²) in [6.07, 6.45) is 0. The summed E-state index contributed by atoms with van der Waals surface area (Å²) in [5.74, 6) is 0. The van der Waals surface area contributed by atoms with Crippen molar-refractivity contribution in [2.24, 2.45) is 0 Å². The predicted molar refractivity (Wildman–Crippen MR) is 64.3 cm³/mol. The van der Waals surface area contributed by atoms with Crippen LogP contribution in [-0.2, 0) is 0 Å². The molecular formula is C10H11ClNO4S2+. The van der Waals surface area contributed by atoms with Gasteiger partial charge in [-0.1, -0.05) is 34.8 Å². The van der Waals surface area contributed by atoms with Crippen LogP contribution >= 0.6 is 22.7 Å². The van der Waals surface area contributed by atoms with Crippen molar-refractivity contribution < 1.29 is 33.3 Å². The Morgan fingerprint density at radius 2 is 1.83 bits per heavy atom. The Morgan fingerprint density at radius 1 is 1.22 bits per heavy atom. The van der Waals surface area contributed by atoms with Gasteiger partial charge >= 0.3 is 33.0 Å². The first kappa shape index (κ1) is 13.6. The van der Waals surface area contributed by atoms with Gasteiger partial charge in [-0.15, -0.1) is 4.40 Å². The third kappa shape index (κ3) is 3.15. The summed E-state index contributed by atoms with van der Waals surface area (Å²) >= 11 is 3.69. The monoisotopic (exact) mass is 308 g/mol. The van der Waals surface area contributed by atoms with Gasteiger partial charge in [-0.05, 0) is 6.07 Å². The van der Waals surface area contributed by atoms with E-state index in [1.54, 1.807) is 0 Å². The van der Waals surface area contributed by atoms with Crippen molar-refractivity contribution in [3.05, 3.63) is 35.3 Å². The van der Waals surface area contributed by atoms with Crippen molar-refractivity contribution in [3.8, 4) is 0 Å². The molecule has 0 saturated heterocycles. The molecule has 2 aromatic heterocycles. The average Bonchev–Trinajstić information content (AvgIpc) is 2.76. The van der Waals surface area contributed by atoms with E-state index in [2.05, 4.69) is 41.0 Å². The van der Waals surface area contributed by atoms with Gasteiger partial charge in [0.15, 0.2) is 5.69 Å². The number of hydrogen-bond donors (Lipinski definition) is 3. The van der Waals surface area contributed by atoms with Gasteiger partial charge in [0.05, 0.1) is 5.38 Å². The van der Waals surface area contributed by atoms with E-state index in [0.717, 1.165) is 0 Å². The zero-order valence-electron chi connectivity index (χ0n) is 9.28. The number of benzene rings is 1. The number of hydrogen-bond acceptors (Lipinski definition) is 6. The standard InChI is InChI=1S/C10H8NS2.ClH3O4/c1-7-6-12-10-11(7)8-4-2-3-5-9(8)13-10;2-1(3,4)5/h2-6H,1H3;2-4H/q+1;. The molecule has 1 aromatic carbocycles. The zero-order valence-corrected chi connectivity index (χ0v) is 11.7. The van der Waals surface area contributed by atoms with Gasteiger partial charge in [0, 0.05) is 13.0 Å². The van der Waals surface area contributed by atoms with E-state index < -0.39 is 10.2 Å². The Balaban J connectivity index is 0.000000209. The Kier molecular flexibility index (Phi) is 3.83. The fourth-order valence-electron chi connectivity index (χ4n) is 1.57. The number of halogens is 1. The van der Waals surface area contributed by atoms with Gasteiger partial charge in [-0.3, -0.25) is 0 Å². The SMILES string of the molecule is Cc1csc2sc3ccccc3[n+]12.[O-][Cl+](O)(O)O. The molecule has 0 aliphatic rings. The Labute approximate surface area is 113 Å². The first-order valence-electron chi connectivity index (χ1n) is 4.80. The van der Waals surface area contributed by atoms with Gasteiger partial charge in [0.25, 0.3) is 0 Å². The summed E-state index contributed by atoms with van der Waals surface area (Å²) in [4.78, 5) is 0. The molecule has 3 aromatic rings. The van der Waals surface area contributed by atoms with Crippen molar-refractivity contribution >= 4 is 37.0 Å². The normalized spacial score (nSPS) is 12.5. The topological polar surface area (TPSA) is 87.9 Å². The number of aryl methyl sites for hydroxylation is 1. The summed E-state index contributed by atoms with van der Waals surface area (Å²) in [7, 11) is -4.19. The average molecular weight is 309 g/mol. The summed E-state index contributed by atoms with van der Waals surface area (Å²) in [6, 6.07) is 8.55. The molecule has 0 amide bonds. The van der Waals surface area contributed by atoms with E-state index >= 15 is 0 Å². The van der Waals surface area contributed by atoms with Gasteiger partial charge < -0.3 is 0 Å². The molecule has 0 atom stereocenters. The molecule has 3 N–H and O–H groups in total. The molecule has 2 heterocycles. The van der Waals surface area contributed by atoms with Crippen molar-refractivity contribution in [1.82, 2.24) is 0 Å². The van der Waals surface area contributed by atoms with Crippen LogP contribution in [0.2, 0.25) is 0 Å². The van der Waals surface area contributed by atoms with E-state index in [9.17, 15) is 0 Å². The molecule has 0 radical (unpaired) electrons. The number of fused-ring (bicyclic) bond motifs is 3. The van der Waals surface area contributed by atoms with E-state index in [4.69, 9.17) is 18.6 Å². The maximum atomic E-state index is 8.83. The molecular weight excluding hydrogens is 298 g/mol. The number of para-hydroxylation sites is 1. The van der Waals surface area contributed by atoms with Gasteiger partial charge in [-0.25, -0.2) is 0 Å². The van der Waals surface area contributed by atoms with Crippen molar-refractivity contribution in [1.29, 1.82) is 0 Å². The number of nitrogens with zero attached hydrogens (tertiary/aromatic N) is 1. The van der Waals surface area contributed by atoms with Crippen molar-refractivity contribution in [3.63, 3.8) is 0 Å². The Morgan fingerprint density at radius 3 is 2.50 bits per heavy atom. The first-order valence-corrected chi connectivity index (χ1v) is 7.82. The zero-order chi connectivity index (χ0) is 13.3. The van der Waals surface area contributed by atoms with Crippen LogP contribution in [0.3, 0.4) is 0 Å². The molecule has 3 rings (SSSR count). The number of aromatic nitrogens is 1. The second kappa shape index (κ2) is 5.06. The molecule has 0 aliphatic carbocycles. The predicted octanol–water partition coefficient (Wildman–Crippen LogP) is 0.150. The Hall–Kier alpha value is -0.800. The molecule has 98 valence electrons. The minimum atomic E-state index is -4.19. The van der Waals surface area contributed by atoms with Crippen LogP contribution in [0, 0.1) is 17.2 Å². The van der Waals surface area contributed by atoms with Gasteiger partial charge in [0.1, 0.15) is 4.70 Å². The van der Waals surface area contributed by atoms with Crippen LogP contribution in [-0.4, -0.2) is 14.0 Å². The summed E-state index contributed by atoms with van der Waals surface area (Å²) in [6.45, 7) is 2.16. The second-order valence-electron chi connectivity index (χ2n) is 3.48. The molecule has 0 spiro atoms. The number of thiazole rings is 2. The van der Waals surface area contributed by atoms with Crippen LogP contribution in [0.4, 0.5) is 0 Å². The summed E-state index contributed by atoms with van der Waals surface area (Å²) < 4.78 is 35.3. The van der Waals surface area contributed by atoms with Gasteiger partial charge in [-0.2, -0.15) is 0 Å². The van der Waals surface area contributed by atoms with E-state index in [1.165, 1.54) is 20.1 Å². The van der Waals surface area contributed by atoms with Crippen molar-refractivity contribution in [2.45, 2.75) is 6.92 Å². The van der Waals surface area contributed by atoms with Crippen LogP contribution < -0.4 is 9.06 Å². The van der Waals surface area contributed by atoms with E-state index in [0.29, 0.717) is 0 Å². The van der Waals surface area contributed by atoms with E-state index in [1.807, 2.05) is 22.7 Å². The molecule has 0 unspecified atom stereocenters. The van der Waals surface area contributed by atoms with Crippen LogP contribution in [0.25, 0.3) is 14.4 Å². The fourth-order valence-corrected chi connectivity index (χ4v) is 3.83. The van der Waals surface area contributed by atoms with E-state index in [-0.39, 0.29) is 0 Å². The molecule has 0 bridgehead atoms. The minimum absolute atomic E-state index is 1.33. The first-order chi connectivity index (χ1) is 8.36. The van der Waals surface area contributed by atoms with Crippen molar-refractivity contribution in [2.75, 3.05) is 0 Å². The van der Waals surface area contributed by atoms with Gasteiger partial charge in [0.2, 0.25) is 5.52 Å². The molecule has 0 fully saturated rings. The van der Waals surface area contributed by atoms with Crippen LogP contribution in [0.1, 0.15) is 5.69 Å². The molecule has 18 heavy (non-hydrogen) atoms. The third-order valence-corrected chi connectivity index (χ3v) is 4.47. The fraction of sp³-hybridized carbons (Fsp3) is 0.100. The summed E-state index contributed by atoms with van der Waals surface area (Å²) in [5.41, 5.74) is 2.67. The Bertz CT molecular complexity index is 667. The third-order valence-electron chi connectivity index (χ3n) is 2.17. The maximum absolute atomic E-state index is 8.83. The molecule has 0 aliphatic heterocycles. The van der Waals surface area contributed by atoms with Crippen LogP contribution in [0.15, 0.2) is 29.6 Å².